The largest absolute Gasteiger partial charge is 0.329 e. The van der Waals surface area contributed by atoms with E-state index in [2.05, 4.69) is 0 Å². The van der Waals surface area contributed by atoms with Crippen LogP contribution >= 0.6 is 11.6 Å². The smallest absolute Gasteiger partial charge is 0.152 e. The molecule has 0 radical (unpaired) electrons. The number of nitrogens with two attached hydrogens (primary N) is 2. The van der Waals surface area contributed by atoms with Crippen LogP contribution in [0.15, 0.2) is 6.07 Å². The lowest BCUT2D eigenvalue weighted by Gasteiger charge is -2.12. The van der Waals surface area contributed by atoms with Crippen molar-refractivity contribution >= 4 is 11.6 Å². The van der Waals surface area contributed by atoms with Gasteiger partial charge in [-0.2, -0.15) is 0 Å². The maximum absolute atomic E-state index is 13.2. The van der Waals surface area contributed by atoms with Gasteiger partial charge in [0.1, 0.15) is 16.7 Å². The second kappa shape index (κ2) is 4.16. The highest BCUT2D eigenvalue weighted by atomic mass is 35.5. The highest BCUT2D eigenvalue weighted by Gasteiger charge is 2.21. The van der Waals surface area contributed by atoms with Crippen LogP contribution in [0.25, 0.3) is 0 Å². The second-order valence-corrected chi connectivity index (χ2v) is 3.10. The van der Waals surface area contributed by atoms with Gasteiger partial charge in [0.15, 0.2) is 5.82 Å². The van der Waals surface area contributed by atoms with Crippen LogP contribution < -0.4 is 11.5 Å². The maximum Gasteiger partial charge on any atom is 0.152 e. The zero-order valence-corrected chi connectivity index (χ0v) is 7.78. The summed E-state index contributed by atoms with van der Waals surface area (Å²) >= 11 is 5.24. The third kappa shape index (κ3) is 1.84. The SMILES string of the molecule is NCC(N)c1c(F)cc(F)c(Cl)c1F. The highest BCUT2D eigenvalue weighted by Crippen LogP contribution is 2.27. The molecule has 2 nitrogen and oxygen atoms in total. The summed E-state index contributed by atoms with van der Waals surface area (Å²) < 4.78 is 39.0. The van der Waals surface area contributed by atoms with Crippen molar-refractivity contribution in [3.63, 3.8) is 0 Å². The van der Waals surface area contributed by atoms with Crippen molar-refractivity contribution in [2.75, 3.05) is 6.54 Å². The van der Waals surface area contributed by atoms with E-state index in [-0.39, 0.29) is 6.54 Å². The Morgan fingerprint density at radius 1 is 1.29 bits per heavy atom. The van der Waals surface area contributed by atoms with Crippen molar-refractivity contribution in [3.8, 4) is 0 Å². The summed E-state index contributed by atoms with van der Waals surface area (Å²) in [4.78, 5) is 0. The van der Waals surface area contributed by atoms with E-state index in [0.29, 0.717) is 6.07 Å². The molecular weight excluding hydrogens is 217 g/mol. The average molecular weight is 225 g/mol. The first-order chi connectivity index (χ1) is 6.49. The van der Waals surface area contributed by atoms with E-state index < -0.39 is 34.1 Å². The molecule has 0 heterocycles. The van der Waals surface area contributed by atoms with Crippen LogP contribution in [-0.4, -0.2) is 6.54 Å². The summed E-state index contributed by atoms with van der Waals surface area (Å²) in [6, 6.07) is -0.552. The zero-order valence-electron chi connectivity index (χ0n) is 7.03. The third-order valence-electron chi connectivity index (χ3n) is 1.77. The molecule has 78 valence electrons. The number of benzene rings is 1. The van der Waals surface area contributed by atoms with Gasteiger partial charge in [-0.3, -0.25) is 0 Å². The van der Waals surface area contributed by atoms with Gasteiger partial charge in [0, 0.05) is 24.2 Å². The van der Waals surface area contributed by atoms with Gasteiger partial charge in [0.05, 0.1) is 0 Å². The standard InChI is InChI=1S/C8H8ClF3N2/c9-7-4(11)1-3(10)6(8(7)12)5(14)2-13/h1,5H,2,13-14H2. The average Bonchev–Trinajstić information content (AvgIpc) is 2.14. The Morgan fingerprint density at radius 3 is 2.36 bits per heavy atom. The molecule has 0 aliphatic heterocycles. The fourth-order valence-corrected chi connectivity index (χ4v) is 1.19. The molecule has 0 amide bonds. The Bertz CT molecular complexity index is 357. The molecule has 1 aromatic carbocycles. The van der Waals surface area contributed by atoms with Crippen LogP contribution in [0.3, 0.4) is 0 Å². The molecule has 1 rings (SSSR count). The molecule has 1 atom stereocenters. The summed E-state index contributed by atoms with van der Waals surface area (Å²) in [7, 11) is 0. The monoisotopic (exact) mass is 224 g/mol. The molecule has 6 heteroatoms. The van der Waals surface area contributed by atoms with Crippen LogP contribution in [0.5, 0.6) is 0 Å². The molecule has 0 spiro atoms. The van der Waals surface area contributed by atoms with Crippen LogP contribution in [0.1, 0.15) is 11.6 Å². The zero-order chi connectivity index (χ0) is 10.9. The lowest BCUT2D eigenvalue weighted by Crippen LogP contribution is -2.23. The van der Waals surface area contributed by atoms with E-state index in [0.717, 1.165) is 0 Å². The quantitative estimate of drug-likeness (QED) is 0.594. The predicted molar refractivity (Wildman–Crippen MR) is 47.3 cm³/mol. The van der Waals surface area contributed by atoms with Crippen molar-refractivity contribution in [3.05, 3.63) is 34.1 Å². The van der Waals surface area contributed by atoms with E-state index in [1.165, 1.54) is 0 Å². The highest BCUT2D eigenvalue weighted by molar-refractivity contribution is 6.30. The minimum atomic E-state index is -1.19. The van der Waals surface area contributed by atoms with Crippen molar-refractivity contribution in [2.45, 2.75) is 6.04 Å². The van der Waals surface area contributed by atoms with Crippen molar-refractivity contribution in [1.82, 2.24) is 0 Å². The van der Waals surface area contributed by atoms with E-state index in [1.807, 2.05) is 0 Å². The molecule has 14 heavy (non-hydrogen) atoms. The summed E-state index contributed by atoms with van der Waals surface area (Å²) in [5.74, 6) is -3.43. The maximum atomic E-state index is 13.2. The summed E-state index contributed by atoms with van der Waals surface area (Å²) in [5.41, 5.74) is 9.98. The van der Waals surface area contributed by atoms with Gasteiger partial charge in [-0.25, -0.2) is 13.2 Å². The summed E-state index contributed by atoms with van der Waals surface area (Å²) in [6.45, 7) is -0.157. The van der Waals surface area contributed by atoms with Crippen molar-refractivity contribution in [2.24, 2.45) is 11.5 Å². The molecule has 0 fully saturated rings. The number of hydrogen-bond acceptors (Lipinski definition) is 2. The fraction of sp³-hybridized carbons (Fsp3) is 0.250. The van der Waals surface area contributed by atoms with E-state index in [1.54, 1.807) is 0 Å². The van der Waals surface area contributed by atoms with Crippen molar-refractivity contribution in [1.29, 1.82) is 0 Å². The minimum Gasteiger partial charge on any atom is -0.329 e. The van der Waals surface area contributed by atoms with Gasteiger partial charge in [-0.15, -0.1) is 0 Å². The molecule has 0 bridgehead atoms. The molecule has 0 aromatic heterocycles. The normalized spacial score (nSPS) is 13.0. The number of hydrogen-bond donors (Lipinski definition) is 2. The van der Waals surface area contributed by atoms with E-state index in [4.69, 9.17) is 23.1 Å². The van der Waals surface area contributed by atoms with Crippen LogP contribution in [0.4, 0.5) is 13.2 Å². The number of halogens is 4. The molecular formula is C8H8ClF3N2. The number of rotatable bonds is 2. The van der Waals surface area contributed by atoms with Gasteiger partial charge in [-0.1, -0.05) is 11.6 Å². The Labute approximate surface area is 83.6 Å². The molecule has 0 aliphatic carbocycles. The Morgan fingerprint density at radius 2 is 1.86 bits per heavy atom. The molecule has 0 saturated heterocycles. The topological polar surface area (TPSA) is 52.0 Å². The van der Waals surface area contributed by atoms with E-state index in [9.17, 15) is 13.2 Å². The minimum absolute atomic E-state index is 0.157. The van der Waals surface area contributed by atoms with Gasteiger partial charge >= 0.3 is 0 Å². The molecule has 0 saturated carbocycles. The van der Waals surface area contributed by atoms with E-state index >= 15 is 0 Å². The lowest BCUT2D eigenvalue weighted by molar-refractivity contribution is 0.505. The fourth-order valence-electron chi connectivity index (χ4n) is 1.04. The predicted octanol–water partition coefficient (Wildman–Crippen LogP) is 1.72. The molecule has 0 aliphatic rings. The Hall–Kier alpha value is -0.780. The second-order valence-electron chi connectivity index (χ2n) is 2.72. The van der Waals surface area contributed by atoms with Gasteiger partial charge in [0.25, 0.3) is 0 Å². The summed E-state index contributed by atoms with van der Waals surface area (Å²) in [5, 5.41) is -0.773. The van der Waals surface area contributed by atoms with Crippen LogP contribution in [-0.2, 0) is 0 Å². The van der Waals surface area contributed by atoms with Gasteiger partial charge in [0.2, 0.25) is 0 Å². The first kappa shape index (κ1) is 11.3. The van der Waals surface area contributed by atoms with Crippen LogP contribution in [0, 0.1) is 17.5 Å². The first-order valence-electron chi connectivity index (χ1n) is 3.77. The Balaban J connectivity index is 3.36. The summed E-state index contributed by atoms with van der Waals surface area (Å²) in [6.07, 6.45) is 0. The lowest BCUT2D eigenvalue weighted by atomic mass is 10.1. The molecule has 1 unspecified atom stereocenters. The van der Waals surface area contributed by atoms with Crippen molar-refractivity contribution < 1.29 is 13.2 Å². The Kier molecular flexibility index (Phi) is 3.36. The van der Waals surface area contributed by atoms with Gasteiger partial charge < -0.3 is 11.5 Å². The third-order valence-corrected chi connectivity index (χ3v) is 2.12. The molecule has 4 N–H and O–H groups in total. The van der Waals surface area contributed by atoms with Gasteiger partial charge in [-0.05, 0) is 0 Å². The molecule has 1 aromatic rings. The first-order valence-corrected chi connectivity index (χ1v) is 4.15. The van der Waals surface area contributed by atoms with Crippen LogP contribution in [0.2, 0.25) is 5.02 Å².